The van der Waals surface area contributed by atoms with Crippen molar-refractivity contribution in [2.45, 2.75) is 44.4 Å². The number of amides is 1. The Hall–Kier alpha value is -0.870. The Bertz CT molecular complexity index is 469. The molecule has 3 nitrogen and oxygen atoms in total. The number of rotatable bonds is 3. The van der Waals surface area contributed by atoms with Gasteiger partial charge in [0.05, 0.1) is 5.92 Å². The van der Waals surface area contributed by atoms with Crippen molar-refractivity contribution in [1.82, 2.24) is 4.90 Å². The van der Waals surface area contributed by atoms with Gasteiger partial charge in [0.2, 0.25) is 5.91 Å². The van der Waals surface area contributed by atoms with Crippen LogP contribution >= 0.6 is 11.3 Å². The largest absolute Gasteiger partial charge is 0.396 e. The first kappa shape index (κ1) is 14.1. The molecule has 1 fully saturated rings. The van der Waals surface area contributed by atoms with Crippen LogP contribution in [-0.4, -0.2) is 35.6 Å². The summed E-state index contributed by atoms with van der Waals surface area (Å²) in [5.41, 5.74) is 1.29. The van der Waals surface area contributed by atoms with E-state index in [-0.39, 0.29) is 12.5 Å². The van der Waals surface area contributed by atoms with Gasteiger partial charge in [-0.25, -0.2) is 0 Å². The van der Waals surface area contributed by atoms with Crippen LogP contribution in [0.2, 0.25) is 0 Å². The molecule has 2 heterocycles. The molecule has 4 heteroatoms. The molecule has 0 bridgehead atoms. The molecule has 2 unspecified atom stereocenters. The Labute approximate surface area is 124 Å². The zero-order valence-corrected chi connectivity index (χ0v) is 12.7. The molecule has 2 atom stereocenters. The lowest BCUT2D eigenvalue weighted by Crippen LogP contribution is -2.43. The Balaban J connectivity index is 1.70. The van der Waals surface area contributed by atoms with E-state index < -0.39 is 0 Å². The number of hydrogen-bond donors (Lipinski definition) is 1. The highest BCUT2D eigenvalue weighted by molar-refractivity contribution is 7.10. The summed E-state index contributed by atoms with van der Waals surface area (Å²) in [5.74, 6) is 0.910. The topological polar surface area (TPSA) is 40.5 Å². The van der Waals surface area contributed by atoms with Crippen LogP contribution in [-0.2, 0) is 11.2 Å². The van der Waals surface area contributed by atoms with Crippen LogP contribution in [0.3, 0.4) is 0 Å². The van der Waals surface area contributed by atoms with E-state index in [2.05, 4.69) is 16.3 Å². The van der Waals surface area contributed by atoms with E-state index in [0.717, 1.165) is 51.6 Å². The number of aryl methyl sites for hydroxylation is 1. The normalized spacial score (nSPS) is 26.4. The smallest absolute Gasteiger partial charge is 0.230 e. The highest BCUT2D eigenvalue weighted by atomic mass is 32.1. The highest BCUT2D eigenvalue weighted by Gasteiger charge is 2.32. The number of thiophene rings is 1. The van der Waals surface area contributed by atoms with Crippen LogP contribution < -0.4 is 0 Å². The Kier molecular flexibility index (Phi) is 4.41. The fraction of sp³-hybridized carbons (Fsp3) is 0.688. The van der Waals surface area contributed by atoms with Crippen LogP contribution in [0.4, 0.5) is 0 Å². The summed E-state index contributed by atoms with van der Waals surface area (Å²) in [6, 6.07) is 2.15. The summed E-state index contributed by atoms with van der Waals surface area (Å²) in [4.78, 5) is 16.3. The van der Waals surface area contributed by atoms with Crippen molar-refractivity contribution in [3.63, 3.8) is 0 Å². The maximum Gasteiger partial charge on any atom is 0.230 e. The molecular formula is C16H23NO2S. The summed E-state index contributed by atoms with van der Waals surface area (Å²) in [6.45, 7) is 1.98. The molecule has 0 radical (unpaired) electrons. The van der Waals surface area contributed by atoms with Gasteiger partial charge in [-0.3, -0.25) is 4.79 Å². The van der Waals surface area contributed by atoms with Crippen molar-refractivity contribution in [3.05, 3.63) is 21.9 Å². The first-order valence-corrected chi connectivity index (χ1v) is 8.63. The van der Waals surface area contributed by atoms with Crippen LogP contribution in [0.25, 0.3) is 0 Å². The molecule has 0 aromatic carbocycles. The highest BCUT2D eigenvalue weighted by Crippen LogP contribution is 2.36. The fourth-order valence-corrected chi connectivity index (χ4v) is 4.63. The van der Waals surface area contributed by atoms with Gasteiger partial charge in [0.1, 0.15) is 0 Å². The lowest BCUT2D eigenvalue weighted by Gasteiger charge is -2.36. The second kappa shape index (κ2) is 6.27. The molecule has 3 rings (SSSR count). The summed E-state index contributed by atoms with van der Waals surface area (Å²) in [6.07, 6.45) is 6.35. The molecule has 110 valence electrons. The zero-order valence-electron chi connectivity index (χ0n) is 11.9. The second-order valence-electron chi connectivity index (χ2n) is 6.05. The van der Waals surface area contributed by atoms with E-state index in [4.69, 9.17) is 5.11 Å². The second-order valence-corrected chi connectivity index (χ2v) is 7.05. The van der Waals surface area contributed by atoms with Gasteiger partial charge in [-0.05, 0) is 61.5 Å². The minimum Gasteiger partial charge on any atom is -0.396 e. The van der Waals surface area contributed by atoms with Gasteiger partial charge in [0, 0.05) is 24.6 Å². The molecule has 1 amide bonds. The van der Waals surface area contributed by atoms with Crippen molar-refractivity contribution in [2.75, 3.05) is 19.7 Å². The number of hydrogen-bond acceptors (Lipinski definition) is 3. The van der Waals surface area contributed by atoms with Crippen molar-refractivity contribution in [1.29, 1.82) is 0 Å². The average Bonchev–Trinajstić information content (AvgIpc) is 2.95. The van der Waals surface area contributed by atoms with E-state index in [9.17, 15) is 4.79 Å². The number of carbonyl (C=O) groups is 1. The number of nitrogens with zero attached hydrogens (tertiary/aromatic N) is 1. The van der Waals surface area contributed by atoms with Crippen LogP contribution in [0, 0.1) is 5.92 Å². The number of aliphatic hydroxyl groups excluding tert-OH is 1. The summed E-state index contributed by atoms with van der Waals surface area (Å²) < 4.78 is 0. The van der Waals surface area contributed by atoms with E-state index >= 15 is 0 Å². The van der Waals surface area contributed by atoms with E-state index in [1.165, 1.54) is 10.4 Å². The SMILES string of the molecule is O=C(C1CCCc2sccc21)N1CCCC(CCO)C1. The standard InChI is InChI=1S/C16H23NO2S/c18-9-6-12-3-2-8-17(11-12)16(19)14-4-1-5-15-13(14)7-10-20-15/h7,10,12,14,18H,1-6,8-9,11H2. The van der Waals surface area contributed by atoms with Crippen molar-refractivity contribution >= 4 is 17.2 Å². The number of fused-ring (bicyclic) bond motifs is 1. The third-order valence-corrected chi connectivity index (χ3v) is 5.71. The van der Waals surface area contributed by atoms with E-state index in [0.29, 0.717) is 11.8 Å². The number of piperidine rings is 1. The summed E-state index contributed by atoms with van der Waals surface area (Å²) >= 11 is 1.80. The lowest BCUT2D eigenvalue weighted by molar-refractivity contribution is -0.135. The Morgan fingerprint density at radius 1 is 1.40 bits per heavy atom. The average molecular weight is 293 g/mol. The molecule has 0 saturated carbocycles. The van der Waals surface area contributed by atoms with Gasteiger partial charge in [0.15, 0.2) is 0 Å². The van der Waals surface area contributed by atoms with Gasteiger partial charge >= 0.3 is 0 Å². The first-order valence-electron chi connectivity index (χ1n) is 7.75. The van der Waals surface area contributed by atoms with Gasteiger partial charge in [0.25, 0.3) is 0 Å². The third kappa shape index (κ3) is 2.77. The molecule has 0 spiro atoms. The maximum atomic E-state index is 12.8. The summed E-state index contributed by atoms with van der Waals surface area (Å²) in [7, 11) is 0. The molecule has 1 N–H and O–H groups in total. The van der Waals surface area contributed by atoms with Crippen molar-refractivity contribution in [3.8, 4) is 0 Å². The number of likely N-dealkylation sites (tertiary alicyclic amines) is 1. The number of aliphatic hydroxyl groups is 1. The van der Waals surface area contributed by atoms with Gasteiger partial charge in [-0.15, -0.1) is 11.3 Å². The lowest BCUT2D eigenvalue weighted by atomic mass is 9.85. The fourth-order valence-electron chi connectivity index (χ4n) is 3.65. The Morgan fingerprint density at radius 2 is 2.30 bits per heavy atom. The molecule has 2 aliphatic rings. The quantitative estimate of drug-likeness (QED) is 0.931. The molecular weight excluding hydrogens is 270 g/mol. The number of carbonyl (C=O) groups excluding carboxylic acids is 1. The Morgan fingerprint density at radius 3 is 3.15 bits per heavy atom. The van der Waals surface area contributed by atoms with Crippen LogP contribution in [0.15, 0.2) is 11.4 Å². The molecule has 1 aromatic heterocycles. The van der Waals surface area contributed by atoms with Gasteiger partial charge in [-0.1, -0.05) is 0 Å². The summed E-state index contributed by atoms with van der Waals surface area (Å²) in [5, 5.41) is 11.2. The molecule has 1 aromatic rings. The van der Waals surface area contributed by atoms with Crippen molar-refractivity contribution in [2.24, 2.45) is 5.92 Å². The molecule has 20 heavy (non-hydrogen) atoms. The molecule has 1 saturated heterocycles. The first-order chi connectivity index (χ1) is 9.79. The van der Waals surface area contributed by atoms with Gasteiger partial charge < -0.3 is 10.0 Å². The predicted molar refractivity (Wildman–Crippen MR) is 81.0 cm³/mol. The van der Waals surface area contributed by atoms with Crippen LogP contribution in [0.5, 0.6) is 0 Å². The van der Waals surface area contributed by atoms with E-state index in [1.807, 2.05) is 0 Å². The zero-order chi connectivity index (χ0) is 13.9. The molecule has 1 aliphatic carbocycles. The monoisotopic (exact) mass is 293 g/mol. The van der Waals surface area contributed by atoms with E-state index in [1.54, 1.807) is 11.3 Å². The van der Waals surface area contributed by atoms with Crippen molar-refractivity contribution < 1.29 is 9.90 Å². The molecule has 1 aliphatic heterocycles. The minimum absolute atomic E-state index is 0.0953. The minimum atomic E-state index is 0.0953. The maximum absolute atomic E-state index is 12.8. The van der Waals surface area contributed by atoms with Gasteiger partial charge in [-0.2, -0.15) is 0 Å². The predicted octanol–water partition coefficient (Wildman–Crippen LogP) is 2.79. The van der Waals surface area contributed by atoms with Crippen LogP contribution in [0.1, 0.15) is 48.5 Å². The third-order valence-electron chi connectivity index (χ3n) is 4.72.